The number of halogens is 2. The first-order chi connectivity index (χ1) is 8.67. The Morgan fingerprint density at radius 2 is 2.05 bits per heavy atom. The standard InChI is InChI=1S/C13H18BrClO3S/c1-6-17-12(16)10(18-13(3,4)5)8-7(2)19-11(15)9(8)14/h10H,6H2,1-5H3. The molecule has 3 nitrogen and oxygen atoms in total. The molecule has 19 heavy (non-hydrogen) atoms. The molecular weight excluding hydrogens is 352 g/mol. The first kappa shape index (κ1) is 17.0. The maximum atomic E-state index is 12.1. The zero-order valence-electron chi connectivity index (χ0n) is 11.7. The summed E-state index contributed by atoms with van der Waals surface area (Å²) in [6.45, 7) is 9.70. The number of carbonyl (C=O) groups is 1. The molecule has 108 valence electrons. The van der Waals surface area contributed by atoms with Crippen molar-refractivity contribution in [2.75, 3.05) is 6.61 Å². The summed E-state index contributed by atoms with van der Waals surface area (Å²) in [7, 11) is 0. The Balaban J connectivity index is 3.19. The molecule has 1 atom stereocenters. The smallest absolute Gasteiger partial charge is 0.340 e. The van der Waals surface area contributed by atoms with Crippen molar-refractivity contribution < 1.29 is 14.3 Å². The molecule has 0 saturated carbocycles. The van der Waals surface area contributed by atoms with E-state index in [1.165, 1.54) is 11.3 Å². The van der Waals surface area contributed by atoms with Crippen LogP contribution in [0.3, 0.4) is 0 Å². The number of hydrogen-bond donors (Lipinski definition) is 0. The lowest BCUT2D eigenvalue weighted by atomic mass is 10.1. The number of rotatable bonds is 4. The van der Waals surface area contributed by atoms with Crippen LogP contribution in [-0.4, -0.2) is 18.2 Å². The van der Waals surface area contributed by atoms with Crippen molar-refractivity contribution in [1.29, 1.82) is 0 Å². The molecule has 0 aliphatic heterocycles. The van der Waals surface area contributed by atoms with Gasteiger partial charge in [-0.25, -0.2) is 4.79 Å². The van der Waals surface area contributed by atoms with E-state index in [0.29, 0.717) is 15.4 Å². The lowest BCUT2D eigenvalue weighted by Crippen LogP contribution is -2.29. The van der Waals surface area contributed by atoms with E-state index in [2.05, 4.69) is 15.9 Å². The predicted molar refractivity (Wildman–Crippen MR) is 82.0 cm³/mol. The summed E-state index contributed by atoms with van der Waals surface area (Å²) in [5.41, 5.74) is 0.293. The van der Waals surface area contributed by atoms with Gasteiger partial charge in [-0.3, -0.25) is 0 Å². The van der Waals surface area contributed by atoms with E-state index < -0.39 is 17.7 Å². The third kappa shape index (κ3) is 4.45. The number of aryl methyl sites for hydroxylation is 1. The van der Waals surface area contributed by atoms with Gasteiger partial charge < -0.3 is 9.47 Å². The number of hydrogen-bond acceptors (Lipinski definition) is 4. The topological polar surface area (TPSA) is 35.5 Å². The van der Waals surface area contributed by atoms with E-state index >= 15 is 0 Å². The molecule has 1 aromatic heterocycles. The van der Waals surface area contributed by atoms with Gasteiger partial charge in [-0.2, -0.15) is 0 Å². The normalized spacial score (nSPS) is 13.4. The van der Waals surface area contributed by atoms with Gasteiger partial charge in [0.15, 0.2) is 6.10 Å². The van der Waals surface area contributed by atoms with E-state index in [4.69, 9.17) is 21.1 Å². The maximum absolute atomic E-state index is 12.1. The summed E-state index contributed by atoms with van der Waals surface area (Å²) in [4.78, 5) is 13.1. The maximum Gasteiger partial charge on any atom is 0.340 e. The summed E-state index contributed by atoms with van der Waals surface area (Å²) in [6.07, 6.45) is -0.766. The van der Waals surface area contributed by atoms with Crippen LogP contribution >= 0.6 is 38.9 Å². The SMILES string of the molecule is CCOC(=O)C(OC(C)(C)C)c1c(C)sc(Cl)c1Br. The average Bonchev–Trinajstić information content (AvgIpc) is 2.49. The first-order valence-corrected chi connectivity index (χ1v) is 7.94. The van der Waals surface area contributed by atoms with Crippen LogP contribution in [-0.2, 0) is 14.3 Å². The van der Waals surface area contributed by atoms with Crippen molar-refractivity contribution in [2.24, 2.45) is 0 Å². The molecule has 0 N–H and O–H groups in total. The van der Waals surface area contributed by atoms with Crippen molar-refractivity contribution in [3.63, 3.8) is 0 Å². The molecule has 0 spiro atoms. The highest BCUT2D eigenvalue weighted by Gasteiger charge is 2.33. The Morgan fingerprint density at radius 1 is 1.47 bits per heavy atom. The molecule has 0 aliphatic carbocycles. The van der Waals surface area contributed by atoms with Crippen molar-refractivity contribution in [3.05, 3.63) is 19.2 Å². The summed E-state index contributed by atoms with van der Waals surface area (Å²) >= 11 is 10.9. The van der Waals surface area contributed by atoms with Crippen molar-refractivity contribution in [1.82, 2.24) is 0 Å². The van der Waals surface area contributed by atoms with Gasteiger partial charge >= 0.3 is 5.97 Å². The highest BCUT2D eigenvalue weighted by Crippen LogP contribution is 2.42. The highest BCUT2D eigenvalue weighted by atomic mass is 79.9. The van der Waals surface area contributed by atoms with Gasteiger partial charge in [0.1, 0.15) is 4.34 Å². The summed E-state index contributed by atoms with van der Waals surface area (Å²) in [5, 5.41) is 0. The second kappa shape index (κ2) is 6.57. The molecule has 0 radical (unpaired) electrons. The van der Waals surface area contributed by atoms with Gasteiger partial charge in [0.25, 0.3) is 0 Å². The summed E-state index contributed by atoms with van der Waals surface area (Å²) in [6, 6.07) is 0. The highest BCUT2D eigenvalue weighted by molar-refractivity contribution is 9.10. The quantitative estimate of drug-likeness (QED) is 0.709. The first-order valence-electron chi connectivity index (χ1n) is 5.96. The van der Waals surface area contributed by atoms with Crippen LogP contribution in [0.15, 0.2) is 4.47 Å². The van der Waals surface area contributed by atoms with E-state index in [9.17, 15) is 4.79 Å². The number of esters is 1. The van der Waals surface area contributed by atoms with Crippen LogP contribution in [0, 0.1) is 6.92 Å². The lowest BCUT2D eigenvalue weighted by molar-refractivity contribution is -0.166. The lowest BCUT2D eigenvalue weighted by Gasteiger charge is -2.26. The minimum absolute atomic E-state index is 0.317. The Morgan fingerprint density at radius 3 is 2.42 bits per heavy atom. The summed E-state index contributed by atoms with van der Waals surface area (Å²) in [5.74, 6) is -0.393. The molecule has 1 unspecified atom stereocenters. The van der Waals surface area contributed by atoms with Gasteiger partial charge in [-0.15, -0.1) is 11.3 Å². The third-order valence-corrected chi connectivity index (χ3v) is 4.91. The van der Waals surface area contributed by atoms with E-state index in [-0.39, 0.29) is 0 Å². The van der Waals surface area contributed by atoms with E-state index in [0.717, 1.165) is 10.4 Å². The van der Waals surface area contributed by atoms with Crippen molar-refractivity contribution >= 4 is 44.8 Å². The number of ether oxygens (including phenoxy) is 2. The average molecular weight is 370 g/mol. The fourth-order valence-electron chi connectivity index (χ4n) is 1.59. The van der Waals surface area contributed by atoms with Crippen LogP contribution in [0.2, 0.25) is 4.34 Å². The van der Waals surface area contributed by atoms with Gasteiger partial charge in [0.05, 0.1) is 16.7 Å². The molecule has 0 fully saturated rings. The van der Waals surface area contributed by atoms with E-state index in [1.807, 2.05) is 27.7 Å². The molecular formula is C13H18BrClO3S. The Kier molecular flexibility index (Phi) is 5.86. The second-order valence-electron chi connectivity index (χ2n) is 5.02. The monoisotopic (exact) mass is 368 g/mol. The number of carbonyl (C=O) groups excluding carboxylic acids is 1. The van der Waals surface area contributed by atoms with E-state index in [1.54, 1.807) is 6.92 Å². The van der Waals surface area contributed by atoms with Crippen molar-refractivity contribution in [2.45, 2.75) is 46.3 Å². The molecule has 1 heterocycles. The molecule has 0 aromatic carbocycles. The molecule has 0 amide bonds. The van der Waals surface area contributed by atoms with Crippen LogP contribution < -0.4 is 0 Å². The number of thiophene rings is 1. The predicted octanol–water partition coefficient (Wildman–Crippen LogP) is 4.89. The minimum atomic E-state index is -0.766. The minimum Gasteiger partial charge on any atom is -0.464 e. The van der Waals surface area contributed by atoms with Gasteiger partial charge in [-0.1, -0.05) is 11.6 Å². The Bertz CT molecular complexity index is 465. The molecule has 0 aliphatic rings. The molecule has 1 aromatic rings. The molecule has 1 rings (SSSR count). The largest absolute Gasteiger partial charge is 0.464 e. The van der Waals surface area contributed by atoms with Crippen molar-refractivity contribution in [3.8, 4) is 0 Å². The zero-order valence-corrected chi connectivity index (χ0v) is 14.8. The van der Waals surface area contributed by atoms with Crippen LogP contribution in [0.4, 0.5) is 0 Å². The molecule has 6 heteroatoms. The fourth-order valence-corrected chi connectivity index (χ4v) is 3.71. The fraction of sp³-hybridized carbons (Fsp3) is 0.615. The van der Waals surface area contributed by atoms with Crippen LogP contribution in [0.5, 0.6) is 0 Å². The zero-order chi connectivity index (χ0) is 14.8. The Labute approximate surface area is 131 Å². The van der Waals surface area contributed by atoms with Crippen LogP contribution in [0.1, 0.15) is 44.2 Å². The second-order valence-corrected chi connectivity index (χ2v) is 7.64. The van der Waals surface area contributed by atoms with Gasteiger partial charge in [-0.05, 0) is 50.5 Å². The third-order valence-electron chi connectivity index (χ3n) is 2.27. The molecule has 0 saturated heterocycles. The van der Waals surface area contributed by atoms with Gasteiger partial charge in [0.2, 0.25) is 0 Å². The van der Waals surface area contributed by atoms with Crippen LogP contribution in [0.25, 0.3) is 0 Å². The molecule has 0 bridgehead atoms. The van der Waals surface area contributed by atoms with Gasteiger partial charge in [0, 0.05) is 10.4 Å². The summed E-state index contributed by atoms with van der Waals surface area (Å²) < 4.78 is 12.3. The Hall–Kier alpha value is -0.100.